The van der Waals surface area contributed by atoms with Crippen LogP contribution < -0.4 is 10.2 Å². The fourth-order valence-electron chi connectivity index (χ4n) is 4.19. The molecule has 170 valence electrons. The third-order valence-corrected chi connectivity index (χ3v) is 7.86. The maximum atomic E-state index is 13.8. The molecule has 0 aromatic heterocycles. The van der Waals surface area contributed by atoms with Crippen molar-refractivity contribution in [3.05, 3.63) is 59.9 Å². The second kappa shape index (κ2) is 9.38. The zero-order valence-corrected chi connectivity index (χ0v) is 18.5. The first-order valence-corrected chi connectivity index (χ1v) is 12.4. The Morgan fingerprint density at radius 2 is 1.72 bits per heavy atom. The lowest BCUT2D eigenvalue weighted by atomic mass is 9.97. The highest BCUT2D eigenvalue weighted by atomic mass is 32.2. The molecule has 1 N–H and O–H groups in total. The number of nitrogens with one attached hydrogen (secondary N) is 1. The highest BCUT2D eigenvalue weighted by Crippen LogP contribution is 2.26. The Hall–Kier alpha value is -2.78. The maximum Gasteiger partial charge on any atom is 0.227 e. The van der Waals surface area contributed by atoms with Gasteiger partial charge in [0.1, 0.15) is 5.82 Å². The van der Waals surface area contributed by atoms with E-state index >= 15 is 0 Å². The van der Waals surface area contributed by atoms with Crippen LogP contribution >= 0.6 is 0 Å². The summed E-state index contributed by atoms with van der Waals surface area (Å²) in [5, 5.41) is 2.88. The fraction of sp³-hybridized carbons (Fsp3) is 0.391. The largest absolute Gasteiger partial charge is 0.326 e. The Labute approximate surface area is 187 Å². The summed E-state index contributed by atoms with van der Waals surface area (Å²) in [4.78, 5) is 26.2. The maximum absolute atomic E-state index is 13.8. The van der Waals surface area contributed by atoms with Gasteiger partial charge in [0.05, 0.1) is 5.75 Å². The lowest BCUT2D eigenvalue weighted by Gasteiger charge is -2.30. The van der Waals surface area contributed by atoms with Crippen LogP contribution in [-0.2, 0) is 25.4 Å². The molecule has 0 bridgehead atoms. The third kappa shape index (κ3) is 4.99. The van der Waals surface area contributed by atoms with Crippen LogP contribution in [0.25, 0.3) is 0 Å². The van der Waals surface area contributed by atoms with Crippen LogP contribution in [0, 0.1) is 11.7 Å². The van der Waals surface area contributed by atoms with Crippen molar-refractivity contribution in [1.82, 2.24) is 4.31 Å². The first-order valence-electron chi connectivity index (χ1n) is 10.8. The number of piperidine rings is 1. The van der Waals surface area contributed by atoms with Gasteiger partial charge in [0.15, 0.2) is 0 Å². The summed E-state index contributed by atoms with van der Waals surface area (Å²) in [6.45, 7) is 1.17. The summed E-state index contributed by atoms with van der Waals surface area (Å²) >= 11 is 0. The van der Waals surface area contributed by atoms with Crippen molar-refractivity contribution in [2.75, 3.05) is 29.9 Å². The summed E-state index contributed by atoms with van der Waals surface area (Å²) in [5.74, 6) is -1.26. The standard InChI is InChI=1S/C23H26FN3O4S/c24-21-5-2-1-4-18(21)16-32(30,31)26-14-11-17(12-15-26)23(29)25-19-7-9-20(10-8-19)27-13-3-6-22(27)28/h1-2,4-5,7-10,17H,3,6,11-16H2,(H,25,29). The number of amides is 2. The molecule has 0 aliphatic carbocycles. The van der Waals surface area contributed by atoms with Gasteiger partial charge in [-0.15, -0.1) is 0 Å². The van der Waals surface area contributed by atoms with E-state index in [0.29, 0.717) is 31.5 Å². The molecule has 0 radical (unpaired) electrons. The van der Waals surface area contributed by atoms with Gasteiger partial charge >= 0.3 is 0 Å². The SMILES string of the molecule is O=C(Nc1ccc(N2CCCC2=O)cc1)C1CCN(S(=O)(=O)Cc2ccccc2F)CC1. The van der Waals surface area contributed by atoms with Crippen LogP contribution in [0.1, 0.15) is 31.2 Å². The summed E-state index contributed by atoms with van der Waals surface area (Å²) in [7, 11) is -3.65. The van der Waals surface area contributed by atoms with E-state index in [1.165, 1.54) is 22.5 Å². The van der Waals surface area contributed by atoms with Crippen molar-refractivity contribution in [3.63, 3.8) is 0 Å². The number of carbonyl (C=O) groups is 2. The monoisotopic (exact) mass is 459 g/mol. The Morgan fingerprint density at radius 3 is 2.34 bits per heavy atom. The minimum atomic E-state index is -3.65. The van der Waals surface area contributed by atoms with E-state index in [2.05, 4.69) is 5.32 Å². The molecule has 0 atom stereocenters. The molecule has 0 unspecified atom stereocenters. The van der Waals surface area contributed by atoms with E-state index in [1.54, 1.807) is 23.1 Å². The minimum absolute atomic E-state index is 0.110. The van der Waals surface area contributed by atoms with Gasteiger partial charge in [0, 0.05) is 48.9 Å². The van der Waals surface area contributed by atoms with Crippen LogP contribution in [0.4, 0.5) is 15.8 Å². The van der Waals surface area contributed by atoms with E-state index < -0.39 is 15.8 Å². The number of hydrogen-bond acceptors (Lipinski definition) is 4. The molecule has 2 saturated heterocycles. The molecule has 2 heterocycles. The quantitative estimate of drug-likeness (QED) is 0.719. The van der Waals surface area contributed by atoms with Crippen molar-refractivity contribution in [1.29, 1.82) is 0 Å². The summed E-state index contributed by atoms with van der Waals surface area (Å²) < 4.78 is 40.5. The van der Waals surface area contributed by atoms with Crippen molar-refractivity contribution < 1.29 is 22.4 Å². The van der Waals surface area contributed by atoms with Crippen LogP contribution in [0.3, 0.4) is 0 Å². The minimum Gasteiger partial charge on any atom is -0.326 e. The summed E-state index contributed by atoms with van der Waals surface area (Å²) in [6.07, 6.45) is 2.23. The normalized spacial score (nSPS) is 18.2. The molecule has 0 spiro atoms. The number of anilines is 2. The highest BCUT2D eigenvalue weighted by molar-refractivity contribution is 7.88. The van der Waals surface area contributed by atoms with Gasteiger partial charge in [-0.2, -0.15) is 0 Å². The molecular weight excluding hydrogens is 433 g/mol. The number of hydrogen-bond donors (Lipinski definition) is 1. The van der Waals surface area contributed by atoms with Crippen molar-refractivity contribution in [3.8, 4) is 0 Å². The van der Waals surface area contributed by atoms with Gasteiger partial charge in [-0.3, -0.25) is 9.59 Å². The second-order valence-corrected chi connectivity index (χ2v) is 10.2. The molecule has 2 aliphatic heterocycles. The Bertz CT molecular complexity index is 1100. The predicted molar refractivity (Wildman–Crippen MR) is 120 cm³/mol. The molecular formula is C23H26FN3O4S. The molecule has 7 nitrogen and oxygen atoms in total. The second-order valence-electron chi connectivity index (χ2n) is 8.21. The van der Waals surface area contributed by atoms with E-state index in [1.807, 2.05) is 12.1 Å². The van der Waals surface area contributed by atoms with Crippen LogP contribution in [-0.4, -0.2) is 44.2 Å². The van der Waals surface area contributed by atoms with Gasteiger partial charge in [-0.05, 0) is 49.6 Å². The molecule has 2 amide bonds. The molecule has 0 saturated carbocycles. The molecule has 32 heavy (non-hydrogen) atoms. The first kappa shape index (κ1) is 22.4. The van der Waals surface area contributed by atoms with E-state index in [0.717, 1.165) is 12.1 Å². The first-order chi connectivity index (χ1) is 15.3. The average molecular weight is 460 g/mol. The molecule has 2 fully saturated rings. The van der Waals surface area contributed by atoms with E-state index in [-0.39, 0.29) is 42.1 Å². The summed E-state index contributed by atoms with van der Waals surface area (Å²) in [6, 6.07) is 13.0. The molecule has 2 aliphatic rings. The number of halogens is 1. The van der Waals surface area contributed by atoms with Gasteiger partial charge in [-0.25, -0.2) is 17.1 Å². The highest BCUT2D eigenvalue weighted by Gasteiger charge is 2.31. The topological polar surface area (TPSA) is 86.8 Å². The van der Waals surface area contributed by atoms with Gasteiger partial charge in [-0.1, -0.05) is 18.2 Å². The zero-order chi connectivity index (χ0) is 22.7. The van der Waals surface area contributed by atoms with Crippen LogP contribution in [0.2, 0.25) is 0 Å². The smallest absolute Gasteiger partial charge is 0.227 e. The van der Waals surface area contributed by atoms with Crippen molar-refractivity contribution in [2.24, 2.45) is 5.92 Å². The molecule has 2 aromatic carbocycles. The van der Waals surface area contributed by atoms with Crippen molar-refractivity contribution >= 4 is 33.2 Å². The lowest BCUT2D eigenvalue weighted by molar-refractivity contribution is -0.121. The van der Waals surface area contributed by atoms with Crippen LogP contribution in [0.5, 0.6) is 0 Å². The number of carbonyl (C=O) groups excluding carboxylic acids is 2. The molecule has 2 aromatic rings. The third-order valence-electron chi connectivity index (χ3n) is 6.03. The molecule has 4 rings (SSSR count). The Kier molecular flexibility index (Phi) is 6.57. The molecule has 9 heteroatoms. The van der Waals surface area contributed by atoms with Gasteiger partial charge in [0.2, 0.25) is 21.8 Å². The lowest BCUT2D eigenvalue weighted by Crippen LogP contribution is -2.42. The number of rotatable bonds is 6. The fourth-order valence-corrected chi connectivity index (χ4v) is 5.77. The average Bonchev–Trinajstić information content (AvgIpc) is 3.22. The van der Waals surface area contributed by atoms with Crippen LogP contribution in [0.15, 0.2) is 48.5 Å². The van der Waals surface area contributed by atoms with Crippen molar-refractivity contribution in [2.45, 2.75) is 31.4 Å². The van der Waals surface area contributed by atoms with Gasteiger partial charge < -0.3 is 10.2 Å². The number of sulfonamides is 1. The van der Waals surface area contributed by atoms with E-state index in [4.69, 9.17) is 0 Å². The summed E-state index contributed by atoms with van der Waals surface area (Å²) in [5.41, 5.74) is 1.60. The number of benzene rings is 2. The Balaban J connectivity index is 1.30. The Morgan fingerprint density at radius 1 is 1.03 bits per heavy atom. The number of nitrogens with zero attached hydrogens (tertiary/aromatic N) is 2. The van der Waals surface area contributed by atoms with E-state index in [9.17, 15) is 22.4 Å². The zero-order valence-electron chi connectivity index (χ0n) is 17.7. The van der Waals surface area contributed by atoms with Gasteiger partial charge in [0.25, 0.3) is 0 Å². The predicted octanol–water partition coefficient (Wildman–Crippen LogP) is 3.13.